The third-order valence-corrected chi connectivity index (χ3v) is 3.14. The zero-order valence-electron chi connectivity index (χ0n) is 8.38. The molecule has 1 aromatic rings. The molecule has 3 heteroatoms. The molecule has 0 spiro atoms. The van der Waals surface area contributed by atoms with Crippen molar-refractivity contribution >= 4 is 22.6 Å². The first-order valence-corrected chi connectivity index (χ1v) is 5.80. The van der Waals surface area contributed by atoms with Crippen molar-refractivity contribution in [1.29, 1.82) is 0 Å². The van der Waals surface area contributed by atoms with Crippen molar-refractivity contribution in [1.82, 2.24) is 0 Å². The van der Waals surface area contributed by atoms with Crippen molar-refractivity contribution in [3.05, 3.63) is 27.3 Å². The normalized spacial score (nSPS) is 23.9. The first-order valence-electron chi connectivity index (χ1n) is 4.72. The van der Waals surface area contributed by atoms with Crippen molar-refractivity contribution in [2.24, 2.45) is 5.73 Å². The molecule has 1 heterocycles. The van der Waals surface area contributed by atoms with E-state index in [9.17, 15) is 0 Å². The molecule has 0 bridgehead atoms. The fraction of sp³-hybridized carbons (Fsp3) is 0.455. The number of benzene rings is 1. The Kier molecular flexibility index (Phi) is 2.47. The van der Waals surface area contributed by atoms with E-state index in [1.165, 1.54) is 3.57 Å². The van der Waals surface area contributed by atoms with Gasteiger partial charge < -0.3 is 10.5 Å². The SMILES string of the molecule is CC1(C)C[C@H](N)c2ccc(I)cc2O1. The Labute approximate surface area is 98.0 Å². The summed E-state index contributed by atoms with van der Waals surface area (Å²) in [5, 5.41) is 0. The van der Waals surface area contributed by atoms with Crippen LogP contribution in [-0.4, -0.2) is 5.60 Å². The van der Waals surface area contributed by atoms with E-state index < -0.39 is 0 Å². The van der Waals surface area contributed by atoms with Gasteiger partial charge in [0.2, 0.25) is 0 Å². The molecule has 2 rings (SSSR count). The first kappa shape index (κ1) is 10.2. The Bertz CT molecular complexity index is 362. The Morgan fingerprint density at radius 2 is 2.21 bits per heavy atom. The lowest BCUT2D eigenvalue weighted by Gasteiger charge is -2.36. The van der Waals surface area contributed by atoms with E-state index in [-0.39, 0.29) is 11.6 Å². The first-order chi connectivity index (χ1) is 6.48. The molecule has 14 heavy (non-hydrogen) atoms. The summed E-state index contributed by atoms with van der Waals surface area (Å²) in [6, 6.07) is 6.29. The van der Waals surface area contributed by atoms with Crippen LogP contribution in [0.5, 0.6) is 5.75 Å². The minimum absolute atomic E-state index is 0.103. The second kappa shape index (κ2) is 3.38. The van der Waals surface area contributed by atoms with Gasteiger partial charge in [-0.2, -0.15) is 0 Å². The molecule has 0 aliphatic carbocycles. The number of fused-ring (bicyclic) bond motifs is 1. The highest BCUT2D eigenvalue weighted by molar-refractivity contribution is 14.1. The van der Waals surface area contributed by atoms with Gasteiger partial charge >= 0.3 is 0 Å². The van der Waals surface area contributed by atoms with Gasteiger partial charge in [0.1, 0.15) is 11.4 Å². The summed E-state index contributed by atoms with van der Waals surface area (Å²) >= 11 is 2.28. The molecule has 2 nitrogen and oxygen atoms in total. The molecular formula is C11H14INO. The van der Waals surface area contributed by atoms with Gasteiger partial charge in [0.05, 0.1) is 0 Å². The highest BCUT2D eigenvalue weighted by Gasteiger charge is 2.31. The average Bonchev–Trinajstić information content (AvgIpc) is 2.00. The number of hydrogen-bond acceptors (Lipinski definition) is 2. The maximum atomic E-state index is 6.09. The molecular weight excluding hydrogens is 289 g/mol. The van der Waals surface area contributed by atoms with Gasteiger partial charge in [-0.05, 0) is 48.6 Å². The number of rotatable bonds is 0. The van der Waals surface area contributed by atoms with Crippen LogP contribution >= 0.6 is 22.6 Å². The zero-order chi connectivity index (χ0) is 10.3. The topological polar surface area (TPSA) is 35.2 Å². The molecule has 0 amide bonds. The van der Waals surface area contributed by atoms with Crippen LogP contribution in [-0.2, 0) is 0 Å². The van der Waals surface area contributed by atoms with Gasteiger partial charge in [-0.25, -0.2) is 0 Å². The molecule has 0 radical (unpaired) electrons. The highest BCUT2D eigenvalue weighted by Crippen LogP contribution is 2.38. The van der Waals surface area contributed by atoms with E-state index in [1.54, 1.807) is 0 Å². The van der Waals surface area contributed by atoms with Crippen LogP contribution in [0.15, 0.2) is 18.2 Å². The molecule has 0 saturated heterocycles. The lowest BCUT2D eigenvalue weighted by atomic mass is 9.90. The molecule has 1 aliphatic rings. The number of halogens is 1. The van der Waals surface area contributed by atoms with Gasteiger partial charge in [-0.1, -0.05) is 6.07 Å². The van der Waals surface area contributed by atoms with Crippen molar-refractivity contribution in [3.63, 3.8) is 0 Å². The molecule has 0 unspecified atom stereocenters. The standard InChI is InChI=1S/C11H14INO/c1-11(2)6-9(13)8-4-3-7(12)5-10(8)14-11/h3-5,9H,6,13H2,1-2H3/t9-/m0/s1. The Hall–Kier alpha value is -0.290. The van der Waals surface area contributed by atoms with Crippen LogP contribution in [0.2, 0.25) is 0 Å². The van der Waals surface area contributed by atoms with Gasteiger partial charge in [0.15, 0.2) is 0 Å². The van der Waals surface area contributed by atoms with Crippen LogP contribution in [0, 0.1) is 3.57 Å². The second-order valence-corrected chi connectivity index (χ2v) is 5.60. The predicted molar refractivity (Wildman–Crippen MR) is 65.4 cm³/mol. The van der Waals surface area contributed by atoms with Crippen molar-refractivity contribution in [3.8, 4) is 5.75 Å². The van der Waals surface area contributed by atoms with Crippen LogP contribution in [0.4, 0.5) is 0 Å². The number of nitrogens with two attached hydrogens (primary N) is 1. The zero-order valence-corrected chi connectivity index (χ0v) is 10.5. The van der Waals surface area contributed by atoms with Crippen LogP contribution in [0.1, 0.15) is 31.9 Å². The molecule has 76 valence electrons. The Morgan fingerprint density at radius 1 is 1.50 bits per heavy atom. The number of hydrogen-bond donors (Lipinski definition) is 1. The van der Waals surface area contributed by atoms with Gasteiger partial charge in [-0.15, -0.1) is 0 Å². The summed E-state index contributed by atoms with van der Waals surface area (Å²) < 4.78 is 7.07. The van der Waals surface area contributed by atoms with Gasteiger partial charge in [0, 0.05) is 21.6 Å². The molecule has 0 fully saturated rings. The quantitative estimate of drug-likeness (QED) is 0.748. The van der Waals surface area contributed by atoms with Crippen LogP contribution in [0.25, 0.3) is 0 Å². The van der Waals surface area contributed by atoms with Crippen molar-refractivity contribution < 1.29 is 4.74 Å². The molecule has 1 aliphatic heterocycles. The van der Waals surface area contributed by atoms with Gasteiger partial charge in [0.25, 0.3) is 0 Å². The highest BCUT2D eigenvalue weighted by atomic mass is 127. The summed E-state index contributed by atoms with van der Waals surface area (Å²) in [7, 11) is 0. The summed E-state index contributed by atoms with van der Waals surface area (Å²) in [5.74, 6) is 0.945. The third kappa shape index (κ3) is 1.88. The van der Waals surface area contributed by atoms with E-state index in [4.69, 9.17) is 10.5 Å². The minimum Gasteiger partial charge on any atom is -0.487 e. The smallest absolute Gasteiger partial charge is 0.125 e. The lowest BCUT2D eigenvalue weighted by Crippen LogP contribution is -2.37. The van der Waals surface area contributed by atoms with E-state index in [2.05, 4.69) is 54.6 Å². The van der Waals surface area contributed by atoms with Crippen LogP contribution in [0.3, 0.4) is 0 Å². The van der Waals surface area contributed by atoms with E-state index in [1.807, 2.05) is 0 Å². The van der Waals surface area contributed by atoms with Crippen molar-refractivity contribution in [2.45, 2.75) is 31.9 Å². The molecule has 1 atom stereocenters. The van der Waals surface area contributed by atoms with E-state index >= 15 is 0 Å². The Balaban J connectivity index is 2.46. The summed E-state index contributed by atoms with van der Waals surface area (Å²) in [6.45, 7) is 4.16. The third-order valence-electron chi connectivity index (χ3n) is 2.47. The second-order valence-electron chi connectivity index (χ2n) is 4.35. The molecule has 1 aromatic carbocycles. The summed E-state index contributed by atoms with van der Waals surface area (Å²) in [6.07, 6.45) is 0.876. The Morgan fingerprint density at radius 3 is 2.93 bits per heavy atom. The fourth-order valence-electron chi connectivity index (χ4n) is 1.88. The van der Waals surface area contributed by atoms with E-state index in [0.29, 0.717) is 0 Å². The number of ether oxygens (including phenoxy) is 1. The van der Waals surface area contributed by atoms with Crippen molar-refractivity contribution in [2.75, 3.05) is 0 Å². The predicted octanol–water partition coefficient (Wildman–Crippen LogP) is 2.85. The minimum atomic E-state index is -0.142. The van der Waals surface area contributed by atoms with Crippen LogP contribution < -0.4 is 10.5 Å². The average molecular weight is 303 g/mol. The monoisotopic (exact) mass is 303 g/mol. The van der Waals surface area contributed by atoms with Gasteiger partial charge in [-0.3, -0.25) is 0 Å². The largest absolute Gasteiger partial charge is 0.487 e. The fourth-order valence-corrected chi connectivity index (χ4v) is 2.34. The summed E-state index contributed by atoms with van der Waals surface area (Å²) in [4.78, 5) is 0. The summed E-state index contributed by atoms with van der Waals surface area (Å²) in [5.41, 5.74) is 7.08. The molecule has 0 aromatic heterocycles. The molecule has 2 N–H and O–H groups in total. The maximum Gasteiger partial charge on any atom is 0.125 e. The maximum absolute atomic E-state index is 6.09. The van der Waals surface area contributed by atoms with E-state index in [0.717, 1.165) is 17.7 Å². The molecule has 0 saturated carbocycles. The lowest BCUT2D eigenvalue weighted by molar-refractivity contribution is 0.0728.